The van der Waals surface area contributed by atoms with Gasteiger partial charge in [-0.3, -0.25) is 9.48 Å². The third-order valence-electron chi connectivity index (χ3n) is 3.07. The van der Waals surface area contributed by atoms with Crippen molar-refractivity contribution in [3.63, 3.8) is 0 Å². The van der Waals surface area contributed by atoms with E-state index in [1.165, 1.54) is 0 Å². The highest BCUT2D eigenvalue weighted by atomic mass is 79.9. The molecule has 0 fully saturated rings. The van der Waals surface area contributed by atoms with Gasteiger partial charge >= 0.3 is 0 Å². The number of carbonyl (C=O) groups is 1. The van der Waals surface area contributed by atoms with Gasteiger partial charge in [-0.25, -0.2) is 0 Å². The van der Waals surface area contributed by atoms with Gasteiger partial charge < -0.3 is 5.32 Å². The predicted octanol–water partition coefficient (Wildman–Crippen LogP) is 3.85. The second-order valence-electron chi connectivity index (χ2n) is 4.98. The summed E-state index contributed by atoms with van der Waals surface area (Å²) in [4.78, 5) is 12.0. The largest absolute Gasteiger partial charge is 0.326 e. The van der Waals surface area contributed by atoms with E-state index in [1.54, 1.807) is 0 Å². The van der Waals surface area contributed by atoms with Crippen molar-refractivity contribution in [1.82, 2.24) is 9.78 Å². The van der Waals surface area contributed by atoms with Gasteiger partial charge in [0.15, 0.2) is 0 Å². The molecule has 0 spiro atoms. The second kappa shape index (κ2) is 6.22. The Labute approximate surface area is 127 Å². The molecule has 1 amide bonds. The summed E-state index contributed by atoms with van der Waals surface area (Å²) in [5, 5.41) is 7.31. The zero-order valence-corrected chi connectivity index (χ0v) is 13.4. The zero-order chi connectivity index (χ0) is 14.7. The van der Waals surface area contributed by atoms with E-state index in [-0.39, 0.29) is 11.9 Å². The fraction of sp³-hybridized carbons (Fsp3) is 0.333. The molecule has 5 heteroatoms. The van der Waals surface area contributed by atoms with Crippen molar-refractivity contribution in [3.8, 4) is 0 Å². The van der Waals surface area contributed by atoms with Crippen LogP contribution in [-0.4, -0.2) is 15.7 Å². The first kappa shape index (κ1) is 14.8. The number of nitrogens with zero attached hydrogens (tertiary/aromatic N) is 2. The van der Waals surface area contributed by atoms with Gasteiger partial charge in [-0.1, -0.05) is 15.9 Å². The minimum atomic E-state index is -0.00706. The molecule has 1 aromatic carbocycles. The summed E-state index contributed by atoms with van der Waals surface area (Å²) in [7, 11) is 0. The number of anilines is 1. The smallest absolute Gasteiger partial charge is 0.226 e. The first-order chi connectivity index (χ1) is 9.45. The van der Waals surface area contributed by atoms with Crippen molar-refractivity contribution in [2.24, 2.45) is 0 Å². The minimum absolute atomic E-state index is 0.00706. The molecule has 1 heterocycles. The standard InChI is InChI=1S/C15H18BrN3O/c1-10-8-11(2)19(18-10)12(3)9-15(20)17-14-6-4-13(16)5-7-14/h4-8,12H,9H2,1-3H3,(H,17,20)/t12-/m0/s1. The Morgan fingerprint density at radius 3 is 2.55 bits per heavy atom. The number of nitrogens with one attached hydrogen (secondary N) is 1. The van der Waals surface area contributed by atoms with E-state index in [0.29, 0.717) is 6.42 Å². The number of halogens is 1. The number of carbonyl (C=O) groups excluding carboxylic acids is 1. The molecule has 106 valence electrons. The quantitative estimate of drug-likeness (QED) is 0.922. The lowest BCUT2D eigenvalue weighted by atomic mass is 10.2. The highest BCUT2D eigenvalue weighted by molar-refractivity contribution is 9.10. The van der Waals surface area contributed by atoms with Gasteiger partial charge in [-0.05, 0) is 51.1 Å². The fourth-order valence-electron chi connectivity index (χ4n) is 2.19. The average Bonchev–Trinajstić information content (AvgIpc) is 2.71. The third kappa shape index (κ3) is 3.70. The summed E-state index contributed by atoms with van der Waals surface area (Å²) in [6, 6.07) is 9.61. The van der Waals surface area contributed by atoms with Crippen LogP contribution >= 0.6 is 15.9 Å². The fourth-order valence-corrected chi connectivity index (χ4v) is 2.46. The first-order valence-corrected chi connectivity index (χ1v) is 7.33. The van der Waals surface area contributed by atoms with Crippen LogP contribution in [0, 0.1) is 13.8 Å². The van der Waals surface area contributed by atoms with Crippen LogP contribution in [0.4, 0.5) is 5.69 Å². The van der Waals surface area contributed by atoms with Gasteiger partial charge in [0.2, 0.25) is 5.91 Å². The molecule has 0 aliphatic carbocycles. The predicted molar refractivity (Wildman–Crippen MR) is 83.8 cm³/mol. The molecule has 0 aliphatic heterocycles. The summed E-state index contributed by atoms with van der Waals surface area (Å²) in [5.41, 5.74) is 2.85. The molecule has 20 heavy (non-hydrogen) atoms. The molecule has 1 N–H and O–H groups in total. The lowest BCUT2D eigenvalue weighted by Gasteiger charge is -2.14. The van der Waals surface area contributed by atoms with E-state index < -0.39 is 0 Å². The molecule has 0 aliphatic rings. The molecule has 2 rings (SSSR count). The topological polar surface area (TPSA) is 46.9 Å². The summed E-state index contributed by atoms with van der Waals surface area (Å²) in [6.45, 7) is 5.96. The maximum absolute atomic E-state index is 12.0. The number of amides is 1. The van der Waals surface area contributed by atoms with Crippen LogP contribution in [-0.2, 0) is 4.79 Å². The molecule has 2 aromatic rings. The maximum Gasteiger partial charge on any atom is 0.226 e. The van der Waals surface area contributed by atoms with Gasteiger partial charge in [0, 0.05) is 22.3 Å². The molecule has 0 unspecified atom stereocenters. The Morgan fingerprint density at radius 1 is 1.35 bits per heavy atom. The number of hydrogen-bond acceptors (Lipinski definition) is 2. The van der Waals surface area contributed by atoms with E-state index in [9.17, 15) is 4.79 Å². The van der Waals surface area contributed by atoms with Crippen LogP contribution in [0.15, 0.2) is 34.8 Å². The lowest BCUT2D eigenvalue weighted by molar-refractivity contribution is -0.116. The average molecular weight is 336 g/mol. The molecule has 1 atom stereocenters. The third-order valence-corrected chi connectivity index (χ3v) is 3.60. The molecule has 4 nitrogen and oxygen atoms in total. The van der Waals surface area contributed by atoms with Crippen molar-refractivity contribution in [3.05, 3.63) is 46.2 Å². The summed E-state index contributed by atoms with van der Waals surface area (Å²) in [5.74, 6) is -0.00706. The van der Waals surface area contributed by atoms with Crippen molar-refractivity contribution in [2.75, 3.05) is 5.32 Å². The van der Waals surface area contributed by atoms with E-state index in [2.05, 4.69) is 26.3 Å². The van der Waals surface area contributed by atoms with Crippen molar-refractivity contribution in [1.29, 1.82) is 0 Å². The Kier molecular flexibility index (Phi) is 4.60. The van der Waals surface area contributed by atoms with Gasteiger partial charge in [-0.2, -0.15) is 5.10 Å². The Morgan fingerprint density at radius 2 is 2.00 bits per heavy atom. The number of benzene rings is 1. The van der Waals surface area contributed by atoms with Gasteiger partial charge in [0.05, 0.1) is 11.7 Å². The summed E-state index contributed by atoms with van der Waals surface area (Å²) < 4.78 is 2.89. The van der Waals surface area contributed by atoms with Crippen molar-refractivity contribution < 1.29 is 4.79 Å². The van der Waals surface area contributed by atoms with Gasteiger partial charge in [0.1, 0.15) is 0 Å². The molecular weight excluding hydrogens is 318 g/mol. The van der Waals surface area contributed by atoms with Gasteiger partial charge in [-0.15, -0.1) is 0 Å². The van der Waals surface area contributed by atoms with E-state index in [1.807, 2.05) is 55.8 Å². The zero-order valence-electron chi connectivity index (χ0n) is 11.9. The molecule has 0 saturated heterocycles. The highest BCUT2D eigenvalue weighted by Crippen LogP contribution is 2.17. The Balaban J connectivity index is 1.97. The molecule has 1 aromatic heterocycles. The van der Waals surface area contributed by atoms with Gasteiger partial charge in [0.25, 0.3) is 0 Å². The molecule has 0 bridgehead atoms. The van der Waals surface area contributed by atoms with Crippen LogP contribution in [0.5, 0.6) is 0 Å². The SMILES string of the molecule is Cc1cc(C)n([C@@H](C)CC(=O)Nc2ccc(Br)cc2)n1. The number of aromatic nitrogens is 2. The Bertz CT molecular complexity index is 604. The molecule has 0 saturated carbocycles. The summed E-state index contributed by atoms with van der Waals surface area (Å²) in [6.07, 6.45) is 0.401. The monoisotopic (exact) mass is 335 g/mol. The number of hydrogen-bond donors (Lipinski definition) is 1. The van der Waals surface area contributed by atoms with E-state index in [0.717, 1.165) is 21.5 Å². The maximum atomic E-state index is 12.0. The van der Waals surface area contributed by atoms with Crippen LogP contribution < -0.4 is 5.32 Å². The minimum Gasteiger partial charge on any atom is -0.326 e. The van der Waals surface area contributed by atoms with Crippen molar-refractivity contribution >= 4 is 27.5 Å². The van der Waals surface area contributed by atoms with E-state index >= 15 is 0 Å². The van der Waals surface area contributed by atoms with Crippen LogP contribution in [0.2, 0.25) is 0 Å². The number of aryl methyl sites for hydroxylation is 2. The summed E-state index contributed by atoms with van der Waals surface area (Å²) >= 11 is 3.37. The number of rotatable bonds is 4. The Hall–Kier alpha value is -1.62. The normalized spacial score (nSPS) is 12.2. The molecular formula is C15H18BrN3O. The van der Waals surface area contributed by atoms with Crippen molar-refractivity contribution in [2.45, 2.75) is 33.2 Å². The first-order valence-electron chi connectivity index (χ1n) is 6.54. The van der Waals surface area contributed by atoms with Crippen LogP contribution in [0.1, 0.15) is 30.8 Å². The molecule has 0 radical (unpaired) electrons. The highest BCUT2D eigenvalue weighted by Gasteiger charge is 2.14. The van der Waals surface area contributed by atoms with Crippen LogP contribution in [0.3, 0.4) is 0 Å². The second-order valence-corrected chi connectivity index (χ2v) is 5.90. The van der Waals surface area contributed by atoms with Crippen LogP contribution in [0.25, 0.3) is 0 Å². The van der Waals surface area contributed by atoms with E-state index in [4.69, 9.17) is 0 Å². The lowest BCUT2D eigenvalue weighted by Crippen LogP contribution is -2.19.